The normalized spacial score (nSPS) is 12.0. The number of likely N-dealkylation sites (N-methyl/N-ethyl adjacent to an activating group) is 1. The van der Waals surface area contributed by atoms with Gasteiger partial charge in [0.2, 0.25) is 11.8 Å². The van der Waals surface area contributed by atoms with Gasteiger partial charge in [-0.05, 0) is 19.4 Å². The van der Waals surface area contributed by atoms with Crippen LogP contribution in [0.5, 0.6) is 0 Å². The fourth-order valence-electron chi connectivity index (χ4n) is 2.23. The number of hydrogen-bond donors (Lipinski definition) is 3. The summed E-state index contributed by atoms with van der Waals surface area (Å²) < 4.78 is 10.4. The Kier molecular flexibility index (Phi) is 15.9. The quantitative estimate of drug-likeness (QED) is 0.358. The van der Waals surface area contributed by atoms with E-state index in [2.05, 4.69) is 29.8 Å². The molecule has 1 atom stereocenters. The number of carbonyl (C=O) groups is 2. The fraction of sp³-hybridized carbons (Fsp3) is 0.882. The number of carbonyl (C=O) groups excluding carboxylic acids is 2. The van der Waals surface area contributed by atoms with Gasteiger partial charge in [0, 0.05) is 13.1 Å². The number of hydrogen-bond acceptors (Lipinski definition) is 5. The summed E-state index contributed by atoms with van der Waals surface area (Å²) >= 11 is 0. The molecule has 0 aromatic heterocycles. The van der Waals surface area contributed by atoms with Crippen molar-refractivity contribution in [3.8, 4) is 0 Å². The van der Waals surface area contributed by atoms with Crippen LogP contribution in [0.3, 0.4) is 0 Å². The molecule has 3 N–H and O–H groups in total. The molecule has 0 saturated carbocycles. The third-order valence-electron chi connectivity index (χ3n) is 3.70. The first-order valence-electron chi connectivity index (χ1n) is 8.97. The Morgan fingerprint density at radius 3 is 2.33 bits per heavy atom. The number of amides is 2. The molecule has 0 aliphatic carbocycles. The maximum atomic E-state index is 11.7. The molecule has 0 saturated heterocycles. The summed E-state index contributed by atoms with van der Waals surface area (Å²) in [5.41, 5.74) is 0. The molecule has 0 aromatic carbocycles. The maximum absolute atomic E-state index is 11.7. The molecule has 24 heavy (non-hydrogen) atoms. The summed E-state index contributed by atoms with van der Waals surface area (Å²) in [4.78, 5) is 23.2. The Bertz CT molecular complexity index is 327. The highest BCUT2D eigenvalue weighted by Gasteiger charge is 2.08. The van der Waals surface area contributed by atoms with E-state index in [1.807, 2.05) is 7.05 Å². The smallest absolute Gasteiger partial charge is 0.246 e. The number of nitrogens with one attached hydrogen (secondary N) is 3. The predicted octanol–water partition coefficient (Wildman–Crippen LogP) is 0.688. The van der Waals surface area contributed by atoms with Crippen LogP contribution in [0.1, 0.15) is 39.5 Å². The van der Waals surface area contributed by atoms with Gasteiger partial charge < -0.3 is 25.4 Å². The molecule has 0 heterocycles. The summed E-state index contributed by atoms with van der Waals surface area (Å²) in [7, 11) is 1.85. The molecule has 0 aliphatic heterocycles. The molecule has 0 radical (unpaired) electrons. The lowest BCUT2D eigenvalue weighted by Crippen LogP contribution is -2.39. The van der Waals surface area contributed by atoms with E-state index in [9.17, 15) is 9.59 Å². The summed E-state index contributed by atoms with van der Waals surface area (Å²) in [5, 5.41) is 8.35. The second-order valence-corrected chi connectivity index (χ2v) is 5.75. The molecule has 0 aromatic rings. The van der Waals surface area contributed by atoms with Crippen LogP contribution >= 0.6 is 0 Å². The van der Waals surface area contributed by atoms with Gasteiger partial charge in [-0.3, -0.25) is 9.59 Å². The van der Waals surface area contributed by atoms with Gasteiger partial charge in [-0.25, -0.2) is 0 Å². The number of ether oxygens (including phenoxy) is 2. The van der Waals surface area contributed by atoms with Crippen molar-refractivity contribution in [1.29, 1.82) is 0 Å². The lowest BCUT2D eigenvalue weighted by atomic mass is 9.97. The predicted molar refractivity (Wildman–Crippen MR) is 94.9 cm³/mol. The van der Waals surface area contributed by atoms with Gasteiger partial charge in [0.05, 0.1) is 26.4 Å². The largest absolute Gasteiger partial charge is 0.378 e. The van der Waals surface area contributed by atoms with E-state index in [1.165, 1.54) is 12.8 Å². The molecular weight excluding hydrogens is 310 g/mol. The summed E-state index contributed by atoms with van der Waals surface area (Å²) in [5.74, 6) is 0.205. The minimum absolute atomic E-state index is 0.00850. The zero-order valence-electron chi connectivity index (χ0n) is 15.5. The SMILES string of the molecule is CCCC(CC)CCNC(=O)CNC(=O)COCCOCCNC. The molecule has 1 unspecified atom stereocenters. The molecule has 0 bridgehead atoms. The first-order valence-corrected chi connectivity index (χ1v) is 8.97. The first kappa shape index (κ1) is 22.8. The minimum atomic E-state index is -0.294. The average Bonchev–Trinajstić information content (AvgIpc) is 2.58. The molecule has 7 nitrogen and oxygen atoms in total. The van der Waals surface area contributed by atoms with Gasteiger partial charge in [-0.1, -0.05) is 33.1 Å². The van der Waals surface area contributed by atoms with E-state index in [1.54, 1.807) is 0 Å². The van der Waals surface area contributed by atoms with Crippen molar-refractivity contribution in [3.05, 3.63) is 0 Å². The lowest BCUT2D eigenvalue weighted by molar-refractivity contribution is -0.129. The summed E-state index contributed by atoms with van der Waals surface area (Å²) in [6.45, 7) is 7.15. The van der Waals surface area contributed by atoms with E-state index in [0.717, 1.165) is 19.4 Å². The zero-order chi connectivity index (χ0) is 18.0. The van der Waals surface area contributed by atoms with Crippen molar-refractivity contribution >= 4 is 11.8 Å². The highest BCUT2D eigenvalue weighted by atomic mass is 16.5. The van der Waals surface area contributed by atoms with E-state index in [4.69, 9.17) is 9.47 Å². The first-order chi connectivity index (χ1) is 11.6. The van der Waals surface area contributed by atoms with E-state index in [-0.39, 0.29) is 25.0 Å². The standard InChI is InChI=1S/C17H35N3O4/c1-4-6-15(5-2)7-8-19-16(21)13-20-17(22)14-24-12-11-23-10-9-18-3/h15,18H,4-14H2,1-3H3,(H,19,21)(H,20,22). The summed E-state index contributed by atoms with van der Waals surface area (Å²) in [6, 6.07) is 0. The monoisotopic (exact) mass is 345 g/mol. The fourth-order valence-corrected chi connectivity index (χ4v) is 2.23. The molecular formula is C17H35N3O4. The molecule has 0 aliphatic rings. The topological polar surface area (TPSA) is 88.7 Å². The van der Waals surface area contributed by atoms with Crippen LogP contribution in [-0.2, 0) is 19.1 Å². The maximum Gasteiger partial charge on any atom is 0.246 e. The highest BCUT2D eigenvalue weighted by molar-refractivity contribution is 5.85. The van der Waals surface area contributed by atoms with E-state index in [0.29, 0.717) is 32.3 Å². The molecule has 0 fully saturated rings. The molecule has 7 heteroatoms. The van der Waals surface area contributed by atoms with Crippen LogP contribution in [0.15, 0.2) is 0 Å². The Morgan fingerprint density at radius 2 is 1.67 bits per heavy atom. The van der Waals surface area contributed by atoms with Gasteiger partial charge in [0.1, 0.15) is 6.61 Å². The van der Waals surface area contributed by atoms with Gasteiger partial charge in [0.25, 0.3) is 0 Å². The third-order valence-corrected chi connectivity index (χ3v) is 3.70. The summed E-state index contributed by atoms with van der Waals surface area (Å²) in [6.07, 6.45) is 4.49. The van der Waals surface area contributed by atoms with Crippen molar-refractivity contribution < 1.29 is 19.1 Å². The van der Waals surface area contributed by atoms with Crippen LogP contribution < -0.4 is 16.0 Å². The lowest BCUT2D eigenvalue weighted by Gasteiger charge is -2.14. The van der Waals surface area contributed by atoms with Crippen LogP contribution in [0.2, 0.25) is 0 Å². The van der Waals surface area contributed by atoms with Crippen molar-refractivity contribution in [2.24, 2.45) is 5.92 Å². The van der Waals surface area contributed by atoms with Crippen LogP contribution in [0.4, 0.5) is 0 Å². The third kappa shape index (κ3) is 14.4. The van der Waals surface area contributed by atoms with Crippen molar-refractivity contribution in [2.75, 3.05) is 53.1 Å². The van der Waals surface area contributed by atoms with Crippen molar-refractivity contribution in [2.45, 2.75) is 39.5 Å². The van der Waals surface area contributed by atoms with Crippen LogP contribution in [-0.4, -0.2) is 64.9 Å². The Morgan fingerprint density at radius 1 is 0.917 bits per heavy atom. The van der Waals surface area contributed by atoms with Crippen LogP contribution in [0.25, 0.3) is 0 Å². The molecule has 0 spiro atoms. The Labute approximate surface area is 146 Å². The molecule has 2 amide bonds. The van der Waals surface area contributed by atoms with E-state index >= 15 is 0 Å². The van der Waals surface area contributed by atoms with Gasteiger partial charge >= 0.3 is 0 Å². The molecule has 0 rings (SSSR count). The van der Waals surface area contributed by atoms with Gasteiger partial charge in [0.15, 0.2) is 0 Å². The highest BCUT2D eigenvalue weighted by Crippen LogP contribution is 2.13. The van der Waals surface area contributed by atoms with Gasteiger partial charge in [-0.15, -0.1) is 0 Å². The van der Waals surface area contributed by atoms with Crippen molar-refractivity contribution in [1.82, 2.24) is 16.0 Å². The Balaban J connectivity index is 3.52. The van der Waals surface area contributed by atoms with Gasteiger partial charge in [-0.2, -0.15) is 0 Å². The Hall–Kier alpha value is -1.18. The molecule has 142 valence electrons. The second kappa shape index (κ2) is 16.7. The van der Waals surface area contributed by atoms with Crippen LogP contribution in [0, 0.1) is 5.92 Å². The number of rotatable bonds is 16. The average molecular weight is 345 g/mol. The van der Waals surface area contributed by atoms with Crippen molar-refractivity contribution in [3.63, 3.8) is 0 Å². The van der Waals surface area contributed by atoms with E-state index < -0.39 is 0 Å². The second-order valence-electron chi connectivity index (χ2n) is 5.75. The zero-order valence-corrected chi connectivity index (χ0v) is 15.5. The minimum Gasteiger partial charge on any atom is -0.378 e.